The molecule has 94 valence electrons. The van der Waals surface area contributed by atoms with Gasteiger partial charge in [0.25, 0.3) is 0 Å². The normalized spacial score (nSPS) is 24.4. The molecule has 0 amide bonds. The Bertz CT molecular complexity index is 338. The fraction of sp³-hybridized carbons (Fsp3) is 0.818. The van der Waals surface area contributed by atoms with Crippen LogP contribution in [0.2, 0.25) is 0 Å². The molecule has 1 aliphatic heterocycles. The van der Waals surface area contributed by atoms with Gasteiger partial charge in [0.1, 0.15) is 0 Å². The Morgan fingerprint density at radius 1 is 1.44 bits per heavy atom. The maximum Gasteiger partial charge on any atom is 0.236 e. The molecular formula is C11H20ClNO2S. The predicted molar refractivity (Wildman–Crippen MR) is 68.3 cm³/mol. The fourth-order valence-electron chi connectivity index (χ4n) is 2.15. The van der Waals surface area contributed by atoms with E-state index >= 15 is 0 Å². The number of hydrogen-bond acceptors (Lipinski definition) is 3. The second-order valence-electron chi connectivity index (χ2n) is 4.53. The topological polar surface area (TPSA) is 37.4 Å². The number of piperidine rings is 1. The lowest BCUT2D eigenvalue weighted by Crippen LogP contribution is -2.42. The van der Waals surface area contributed by atoms with Crippen molar-refractivity contribution in [2.75, 3.05) is 12.3 Å². The van der Waals surface area contributed by atoms with Crippen LogP contribution in [-0.2, 0) is 9.05 Å². The standard InChI is InChI=1S/C11H20ClNO2S/c1-10(2)13-8-4-3-6-11(13)7-5-9-16(12,14)15/h5,7,10-11H,3-4,6,8-9H2,1-2H3/b7-5-. The molecule has 0 N–H and O–H groups in total. The van der Waals surface area contributed by atoms with Gasteiger partial charge >= 0.3 is 0 Å². The Morgan fingerprint density at radius 3 is 2.69 bits per heavy atom. The molecule has 1 heterocycles. The molecule has 1 saturated heterocycles. The maximum atomic E-state index is 10.8. The van der Waals surface area contributed by atoms with Crippen molar-refractivity contribution >= 4 is 19.7 Å². The average molecular weight is 266 g/mol. The van der Waals surface area contributed by atoms with Crippen LogP contribution in [0, 0.1) is 0 Å². The Balaban J connectivity index is 2.56. The molecule has 0 aliphatic carbocycles. The highest BCUT2D eigenvalue weighted by molar-refractivity contribution is 8.13. The van der Waals surface area contributed by atoms with Crippen molar-refractivity contribution in [1.29, 1.82) is 0 Å². The predicted octanol–water partition coefficient (Wildman–Crippen LogP) is 2.37. The lowest BCUT2D eigenvalue weighted by molar-refractivity contribution is 0.140. The first kappa shape index (κ1) is 14.0. The quantitative estimate of drug-likeness (QED) is 0.579. The zero-order chi connectivity index (χ0) is 12.2. The summed E-state index contributed by atoms with van der Waals surface area (Å²) < 4.78 is 21.6. The van der Waals surface area contributed by atoms with Crippen molar-refractivity contribution in [2.24, 2.45) is 0 Å². The largest absolute Gasteiger partial charge is 0.295 e. The molecule has 1 fully saturated rings. The number of nitrogens with zero attached hydrogens (tertiary/aromatic N) is 1. The van der Waals surface area contributed by atoms with Gasteiger partial charge in [-0.3, -0.25) is 4.90 Å². The van der Waals surface area contributed by atoms with Gasteiger partial charge in [-0.15, -0.1) is 0 Å². The Kier molecular flexibility index (Phi) is 5.28. The van der Waals surface area contributed by atoms with Gasteiger partial charge in [-0.05, 0) is 33.2 Å². The number of hydrogen-bond donors (Lipinski definition) is 0. The molecule has 0 aromatic rings. The van der Waals surface area contributed by atoms with Gasteiger partial charge < -0.3 is 0 Å². The lowest BCUT2D eigenvalue weighted by Gasteiger charge is -2.37. The van der Waals surface area contributed by atoms with E-state index in [1.54, 1.807) is 6.08 Å². The van der Waals surface area contributed by atoms with Crippen LogP contribution in [0.25, 0.3) is 0 Å². The second kappa shape index (κ2) is 6.03. The van der Waals surface area contributed by atoms with Crippen LogP contribution in [-0.4, -0.2) is 37.7 Å². The monoisotopic (exact) mass is 265 g/mol. The zero-order valence-electron chi connectivity index (χ0n) is 9.89. The van der Waals surface area contributed by atoms with Gasteiger partial charge in [0.05, 0.1) is 5.75 Å². The van der Waals surface area contributed by atoms with E-state index in [4.69, 9.17) is 10.7 Å². The minimum Gasteiger partial charge on any atom is -0.295 e. The first-order valence-corrected chi connectivity index (χ1v) is 8.23. The second-order valence-corrected chi connectivity index (χ2v) is 7.35. The Morgan fingerprint density at radius 2 is 2.12 bits per heavy atom. The first-order chi connectivity index (χ1) is 7.40. The molecule has 16 heavy (non-hydrogen) atoms. The number of rotatable bonds is 4. The van der Waals surface area contributed by atoms with Crippen molar-refractivity contribution in [3.63, 3.8) is 0 Å². The van der Waals surface area contributed by atoms with Crippen LogP contribution in [0.15, 0.2) is 12.2 Å². The summed E-state index contributed by atoms with van der Waals surface area (Å²) in [5.74, 6) is -0.0724. The summed E-state index contributed by atoms with van der Waals surface area (Å²) >= 11 is 0. The van der Waals surface area contributed by atoms with Crippen molar-refractivity contribution in [3.8, 4) is 0 Å². The summed E-state index contributed by atoms with van der Waals surface area (Å²) in [5.41, 5.74) is 0. The zero-order valence-corrected chi connectivity index (χ0v) is 11.5. The van der Waals surface area contributed by atoms with Crippen LogP contribution >= 0.6 is 10.7 Å². The van der Waals surface area contributed by atoms with Crippen molar-refractivity contribution in [1.82, 2.24) is 4.90 Å². The highest BCUT2D eigenvalue weighted by atomic mass is 35.7. The highest BCUT2D eigenvalue weighted by Gasteiger charge is 2.21. The van der Waals surface area contributed by atoms with Crippen LogP contribution in [0.4, 0.5) is 0 Å². The van der Waals surface area contributed by atoms with E-state index in [9.17, 15) is 8.42 Å². The van der Waals surface area contributed by atoms with Crippen molar-refractivity contribution in [3.05, 3.63) is 12.2 Å². The van der Waals surface area contributed by atoms with E-state index in [-0.39, 0.29) is 5.75 Å². The summed E-state index contributed by atoms with van der Waals surface area (Å²) in [6.45, 7) is 5.44. The van der Waals surface area contributed by atoms with Crippen LogP contribution < -0.4 is 0 Å². The van der Waals surface area contributed by atoms with Crippen LogP contribution in [0.1, 0.15) is 33.1 Å². The van der Waals surface area contributed by atoms with Gasteiger partial charge in [0, 0.05) is 22.8 Å². The highest BCUT2D eigenvalue weighted by Crippen LogP contribution is 2.20. The van der Waals surface area contributed by atoms with Crippen LogP contribution in [0.3, 0.4) is 0 Å². The summed E-state index contributed by atoms with van der Waals surface area (Å²) in [7, 11) is 1.76. The molecule has 5 heteroatoms. The van der Waals surface area contributed by atoms with E-state index in [0.29, 0.717) is 12.1 Å². The molecule has 0 radical (unpaired) electrons. The maximum absolute atomic E-state index is 10.8. The van der Waals surface area contributed by atoms with E-state index < -0.39 is 9.05 Å². The molecule has 1 atom stereocenters. The summed E-state index contributed by atoms with van der Waals surface area (Å²) in [4.78, 5) is 2.40. The molecule has 1 aliphatic rings. The number of likely N-dealkylation sites (tertiary alicyclic amines) is 1. The minimum absolute atomic E-state index is 0.0724. The van der Waals surface area contributed by atoms with Gasteiger partial charge in [0.2, 0.25) is 9.05 Å². The van der Waals surface area contributed by atoms with Gasteiger partial charge in [-0.2, -0.15) is 0 Å². The number of halogens is 1. The molecule has 3 nitrogen and oxygen atoms in total. The molecule has 1 rings (SSSR count). The summed E-state index contributed by atoms with van der Waals surface area (Å²) in [6.07, 6.45) is 7.21. The smallest absolute Gasteiger partial charge is 0.236 e. The Hall–Kier alpha value is -0.0600. The van der Waals surface area contributed by atoms with E-state index in [1.165, 1.54) is 12.8 Å². The average Bonchev–Trinajstić information content (AvgIpc) is 2.16. The van der Waals surface area contributed by atoms with Crippen molar-refractivity contribution in [2.45, 2.75) is 45.2 Å². The third kappa shape index (κ3) is 4.85. The minimum atomic E-state index is -3.40. The van der Waals surface area contributed by atoms with Gasteiger partial charge in [-0.1, -0.05) is 18.6 Å². The molecule has 0 spiro atoms. The summed E-state index contributed by atoms with van der Waals surface area (Å²) in [5, 5.41) is 0. The van der Waals surface area contributed by atoms with Gasteiger partial charge in [-0.25, -0.2) is 8.42 Å². The SMILES string of the molecule is CC(C)N1CCCCC1/C=C\CS(=O)(=O)Cl. The van der Waals surface area contributed by atoms with E-state index in [1.807, 2.05) is 6.08 Å². The molecule has 1 unspecified atom stereocenters. The van der Waals surface area contributed by atoms with E-state index in [0.717, 1.165) is 13.0 Å². The molecule has 0 saturated carbocycles. The molecule has 0 bridgehead atoms. The lowest BCUT2D eigenvalue weighted by atomic mass is 10.00. The Labute approximate surface area is 103 Å². The summed E-state index contributed by atoms with van der Waals surface area (Å²) in [6, 6.07) is 0.870. The van der Waals surface area contributed by atoms with Gasteiger partial charge in [0.15, 0.2) is 0 Å². The third-order valence-corrected chi connectivity index (χ3v) is 3.88. The van der Waals surface area contributed by atoms with Crippen molar-refractivity contribution < 1.29 is 8.42 Å². The fourth-order valence-corrected chi connectivity index (χ4v) is 2.71. The molecule has 0 aromatic carbocycles. The van der Waals surface area contributed by atoms with E-state index in [2.05, 4.69) is 18.7 Å². The molecule has 0 aromatic heterocycles. The molecular weight excluding hydrogens is 246 g/mol. The third-order valence-electron chi connectivity index (χ3n) is 2.91. The first-order valence-electron chi connectivity index (χ1n) is 5.75. The van der Waals surface area contributed by atoms with Crippen LogP contribution in [0.5, 0.6) is 0 Å².